The van der Waals surface area contributed by atoms with Gasteiger partial charge >= 0.3 is 6.18 Å². The van der Waals surface area contributed by atoms with E-state index in [1.165, 1.54) is 31.2 Å². The lowest BCUT2D eigenvalue weighted by Gasteiger charge is -2.14. The molecule has 0 bridgehead atoms. The summed E-state index contributed by atoms with van der Waals surface area (Å²) < 4.78 is 40.4. The summed E-state index contributed by atoms with van der Waals surface area (Å²) in [5.41, 5.74) is -1.36. The summed E-state index contributed by atoms with van der Waals surface area (Å²) in [6.07, 6.45) is -4.62. The molecule has 0 spiro atoms. The number of H-pyrrole nitrogens is 1. The lowest BCUT2D eigenvalue weighted by molar-refractivity contribution is -0.135. The highest BCUT2D eigenvalue weighted by atomic mass is 35.5. The van der Waals surface area contributed by atoms with Crippen LogP contribution in [0, 0.1) is 6.92 Å². The molecule has 0 fully saturated rings. The predicted molar refractivity (Wildman–Crippen MR) is 86.0 cm³/mol. The van der Waals surface area contributed by atoms with E-state index in [1.54, 1.807) is 0 Å². The SMILES string of the molecule is CC.Cc1cc2c(C(F)(F)F)c3cc(Cl)ccc3nc2c(=O)[nH]1. The third-order valence-corrected chi connectivity index (χ3v) is 3.39. The zero-order chi connectivity index (χ0) is 17.4. The monoisotopic (exact) mass is 342 g/mol. The Bertz CT molecular complexity index is 932. The van der Waals surface area contributed by atoms with Crippen molar-refractivity contribution in [3.8, 4) is 0 Å². The van der Waals surface area contributed by atoms with Crippen LogP contribution in [0.2, 0.25) is 5.02 Å². The van der Waals surface area contributed by atoms with Crippen LogP contribution in [0.4, 0.5) is 13.2 Å². The highest BCUT2D eigenvalue weighted by Gasteiger charge is 2.35. The molecule has 0 atom stereocenters. The highest BCUT2D eigenvalue weighted by Crippen LogP contribution is 2.39. The van der Waals surface area contributed by atoms with Gasteiger partial charge in [-0.05, 0) is 31.2 Å². The second-order valence-electron chi connectivity index (χ2n) is 4.69. The van der Waals surface area contributed by atoms with Crippen molar-refractivity contribution >= 4 is 33.4 Å². The van der Waals surface area contributed by atoms with Gasteiger partial charge in [0.1, 0.15) is 5.52 Å². The number of aromatic amines is 1. The molecule has 3 aromatic rings. The molecule has 23 heavy (non-hydrogen) atoms. The number of aromatic nitrogens is 2. The summed E-state index contributed by atoms with van der Waals surface area (Å²) in [4.78, 5) is 18.4. The molecule has 0 aliphatic heterocycles. The predicted octanol–water partition coefficient (Wildman–Crippen LogP) is 5.08. The van der Waals surface area contributed by atoms with Crippen molar-refractivity contribution in [1.29, 1.82) is 0 Å². The topological polar surface area (TPSA) is 45.8 Å². The van der Waals surface area contributed by atoms with E-state index in [9.17, 15) is 18.0 Å². The van der Waals surface area contributed by atoms with E-state index < -0.39 is 17.3 Å². The maximum atomic E-state index is 13.5. The van der Waals surface area contributed by atoms with Gasteiger partial charge < -0.3 is 4.98 Å². The van der Waals surface area contributed by atoms with Crippen molar-refractivity contribution in [2.45, 2.75) is 26.9 Å². The Kier molecular flexibility index (Phi) is 4.66. The second-order valence-corrected chi connectivity index (χ2v) is 5.13. The molecule has 2 aromatic heterocycles. The van der Waals surface area contributed by atoms with Gasteiger partial charge in [0.05, 0.1) is 11.1 Å². The first kappa shape index (κ1) is 17.3. The van der Waals surface area contributed by atoms with E-state index in [-0.39, 0.29) is 26.8 Å². The Morgan fingerprint density at radius 1 is 1.13 bits per heavy atom. The van der Waals surface area contributed by atoms with Crippen LogP contribution in [0.25, 0.3) is 21.8 Å². The van der Waals surface area contributed by atoms with Crippen LogP contribution in [-0.4, -0.2) is 9.97 Å². The van der Waals surface area contributed by atoms with Gasteiger partial charge in [0.25, 0.3) is 5.56 Å². The number of benzene rings is 1. The Labute approximate surface area is 135 Å². The zero-order valence-corrected chi connectivity index (χ0v) is 13.4. The summed E-state index contributed by atoms with van der Waals surface area (Å²) in [5, 5.41) is -0.165. The highest BCUT2D eigenvalue weighted by molar-refractivity contribution is 6.31. The van der Waals surface area contributed by atoms with Gasteiger partial charge in [-0.15, -0.1) is 0 Å². The van der Waals surface area contributed by atoms with Crippen LogP contribution in [-0.2, 0) is 6.18 Å². The van der Waals surface area contributed by atoms with Crippen molar-refractivity contribution in [1.82, 2.24) is 9.97 Å². The average molecular weight is 343 g/mol. The molecular weight excluding hydrogens is 329 g/mol. The normalized spacial score (nSPS) is 11.4. The van der Waals surface area contributed by atoms with Crippen molar-refractivity contribution in [3.05, 3.63) is 50.9 Å². The van der Waals surface area contributed by atoms with Gasteiger partial charge in [-0.2, -0.15) is 13.2 Å². The first-order valence-electron chi connectivity index (χ1n) is 6.97. The molecule has 2 heterocycles. The zero-order valence-electron chi connectivity index (χ0n) is 12.7. The molecule has 0 aliphatic rings. The number of nitrogens with one attached hydrogen (secondary N) is 1. The second kappa shape index (κ2) is 6.20. The number of hydrogen-bond acceptors (Lipinski definition) is 2. The number of rotatable bonds is 0. The van der Waals surface area contributed by atoms with Crippen LogP contribution in [0.15, 0.2) is 29.1 Å². The summed E-state index contributed by atoms with van der Waals surface area (Å²) >= 11 is 5.79. The lowest BCUT2D eigenvalue weighted by atomic mass is 10.0. The molecule has 1 aromatic carbocycles. The van der Waals surface area contributed by atoms with E-state index >= 15 is 0 Å². The number of aryl methyl sites for hydroxylation is 1. The molecule has 122 valence electrons. The summed E-state index contributed by atoms with van der Waals surface area (Å²) in [5.74, 6) is 0. The summed E-state index contributed by atoms with van der Waals surface area (Å²) in [6.45, 7) is 5.52. The van der Waals surface area contributed by atoms with Crippen LogP contribution in [0.5, 0.6) is 0 Å². The third kappa shape index (κ3) is 3.17. The molecule has 0 saturated carbocycles. The molecule has 1 N–H and O–H groups in total. The third-order valence-electron chi connectivity index (χ3n) is 3.15. The molecule has 0 saturated heterocycles. The fraction of sp³-hybridized carbons (Fsp3) is 0.250. The van der Waals surface area contributed by atoms with Gasteiger partial charge in [-0.3, -0.25) is 4.79 Å². The first-order chi connectivity index (χ1) is 10.8. The summed E-state index contributed by atoms with van der Waals surface area (Å²) in [7, 11) is 0. The van der Waals surface area contributed by atoms with Crippen LogP contribution >= 0.6 is 11.6 Å². The van der Waals surface area contributed by atoms with E-state index in [1.807, 2.05) is 13.8 Å². The van der Waals surface area contributed by atoms with Gasteiger partial charge in [0.2, 0.25) is 0 Å². The standard InChI is InChI=1S/C14H8ClF3N2O.C2H6/c1-6-4-9-11(14(16,17)18)8-5-7(15)2-3-10(8)20-12(9)13(21)19-6;1-2/h2-5H,1H3,(H,19,21);1-2H3. The fourth-order valence-electron chi connectivity index (χ4n) is 2.36. The molecule has 3 nitrogen and oxygen atoms in total. The number of hydrogen-bond donors (Lipinski definition) is 1. The number of pyridine rings is 2. The average Bonchev–Trinajstić information content (AvgIpc) is 2.46. The van der Waals surface area contributed by atoms with E-state index in [2.05, 4.69) is 9.97 Å². The fourth-order valence-corrected chi connectivity index (χ4v) is 2.53. The first-order valence-corrected chi connectivity index (χ1v) is 7.35. The van der Waals surface area contributed by atoms with Crippen LogP contribution in [0.3, 0.4) is 0 Å². The minimum absolute atomic E-state index is 0.0774. The van der Waals surface area contributed by atoms with Crippen molar-refractivity contribution < 1.29 is 13.2 Å². The molecule has 0 unspecified atom stereocenters. The van der Waals surface area contributed by atoms with Gasteiger partial charge in [-0.25, -0.2) is 4.98 Å². The van der Waals surface area contributed by atoms with Crippen molar-refractivity contribution in [2.75, 3.05) is 0 Å². The van der Waals surface area contributed by atoms with E-state index in [4.69, 9.17) is 11.6 Å². The maximum absolute atomic E-state index is 13.5. The molecule has 0 amide bonds. The maximum Gasteiger partial charge on any atom is 0.417 e. The van der Waals surface area contributed by atoms with Gasteiger partial charge in [0.15, 0.2) is 0 Å². The largest absolute Gasteiger partial charge is 0.417 e. The summed E-state index contributed by atoms with van der Waals surface area (Å²) in [6, 6.07) is 5.28. The Hall–Kier alpha value is -2.08. The van der Waals surface area contributed by atoms with Crippen LogP contribution in [0.1, 0.15) is 25.1 Å². The number of alkyl halides is 3. The minimum Gasteiger partial charge on any atom is -0.325 e. The molecule has 0 radical (unpaired) electrons. The van der Waals surface area contributed by atoms with Gasteiger partial charge in [-0.1, -0.05) is 25.4 Å². The van der Waals surface area contributed by atoms with Crippen LogP contribution < -0.4 is 5.56 Å². The van der Waals surface area contributed by atoms with Gasteiger partial charge in [0, 0.05) is 21.5 Å². The molecule has 0 aliphatic carbocycles. The Morgan fingerprint density at radius 2 is 1.78 bits per heavy atom. The smallest absolute Gasteiger partial charge is 0.325 e. The Morgan fingerprint density at radius 3 is 2.39 bits per heavy atom. The van der Waals surface area contributed by atoms with E-state index in [0.717, 1.165) is 0 Å². The van der Waals surface area contributed by atoms with E-state index in [0.29, 0.717) is 5.69 Å². The molecule has 3 rings (SSSR count). The quantitative estimate of drug-likeness (QED) is 0.579. The number of nitrogens with zero attached hydrogens (tertiary/aromatic N) is 1. The van der Waals surface area contributed by atoms with Crippen molar-refractivity contribution in [3.63, 3.8) is 0 Å². The minimum atomic E-state index is -4.62. The number of halogens is 4. The van der Waals surface area contributed by atoms with Crippen molar-refractivity contribution in [2.24, 2.45) is 0 Å². The molecule has 7 heteroatoms. The Balaban J connectivity index is 0.000000924. The number of fused-ring (bicyclic) bond motifs is 2. The lowest BCUT2D eigenvalue weighted by Crippen LogP contribution is -2.14. The molecular formula is C16H14ClF3N2O.